The highest BCUT2D eigenvalue weighted by atomic mass is 32.2. The number of rotatable bonds is 6. The molecule has 3 N–H and O–H groups in total. The molecule has 9 heteroatoms. The molecule has 0 bridgehead atoms. The molecule has 3 amide bonds. The number of para-hydroxylation sites is 1. The topological polar surface area (TPSA) is 106 Å². The zero-order valence-electron chi connectivity index (χ0n) is 16.2. The number of hydrogen-bond donors (Lipinski definition) is 2. The Morgan fingerprint density at radius 2 is 1.79 bits per heavy atom. The van der Waals surface area contributed by atoms with Gasteiger partial charge in [0.25, 0.3) is 0 Å². The average Bonchev–Trinajstić information content (AvgIpc) is 3.10. The summed E-state index contributed by atoms with van der Waals surface area (Å²) in [4.78, 5) is 25.8. The number of carbonyl (C=O) groups excluding carboxylic acids is 2. The first-order valence-electron chi connectivity index (χ1n) is 9.50. The molecule has 2 aromatic rings. The van der Waals surface area contributed by atoms with Crippen LogP contribution in [-0.4, -0.2) is 45.0 Å². The fraction of sp³-hybridized carbons (Fsp3) is 0.474. The maximum absolute atomic E-state index is 12.5. The van der Waals surface area contributed by atoms with Gasteiger partial charge in [0.15, 0.2) is 5.16 Å². The highest BCUT2D eigenvalue weighted by molar-refractivity contribution is 8.00. The SMILES string of the molecule is CC(C)[C@H](Sc1nnc(N2CCCCC2)n1-c1ccccc1)C(=O)NC(N)=O. The van der Waals surface area contributed by atoms with Crippen LogP contribution < -0.4 is 16.0 Å². The summed E-state index contributed by atoms with van der Waals surface area (Å²) in [5, 5.41) is 11.1. The van der Waals surface area contributed by atoms with Crippen molar-refractivity contribution in [2.75, 3.05) is 18.0 Å². The molecule has 0 unspecified atom stereocenters. The van der Waals surface area contributed by atoms with Gasteiger partial charge >= 0.3 is 6.03 Å². The van der Waals surface area contributed by atoms with Gasteiger partial charge in [-0.2, -0.15) is 0 Å². The lowest BCUT2D eigenvalue weighted by atomic mass is 10.1. The number of amides is 3. The van der Waals surface area contributed by atoms with Gasteiger partial charge in [0.1, 0.15) is 0 Å². The third-order valence-corrected chi connectivity index (χ3v) is 6.10. The van der Waals surface area contributed by atoms with Crippen molar-refractivity contribution < 1.29 is 9.59 Å². The van der Waals surface area contributed by atoms with Gasteiger partial charge in [-0.05, 0) is 37.3 Å². The quantitative estimate of drug-likeness (QED) is 0.719. The number of hydrogen-bond acceptors (Lipinski definition) is 6. The second kappa shape index (κ2) is 9.09. The first-order chi connectivity index (χ1) is 13.5. The van der Waals surface area contributed by atoms with Crippen LogP contribution in [0.5, 0.6) is 0 Å². The van der Waals surface area contributed by atoms with E-state index in [-0.39, 0.29) is 5.92 Å². The number of piperidine rings is 1. The Hall–Kier alpha value is -2.55. The van der Waals surface area contributed by atoms with Crippen molar-refractivity contribution in [3.05, 3.63) is 30.3 Å². The van der Waals surface area contributed by atoms with Crippen molar-refractivity contribution in [2.24, 2.45) is 11.7 Å². The summed E-state index contributed by atoms with van der Waals surface area (Å²) in [7, 11) is 0. The highest BCUT2D eigenvalue weighted by Gasteiger charge is 2.29. The summed E-state index contributed by atoms with van der Waals surface area (Å²) in [5.41, 5.74) is 6.07. The number of urea groups is 1. The maximum Gasteiger partial charge on any atom is 0.318 e. The number of aromatic nitrogens is 3. The van der Waals surface area contributed by atoms with Crippen LogP contribution in [0.3, 0.4) is 0 Å². The highest BCUT2D eigenvalue weighted by Crippen LogP contribution is 2.32. The summed E-state index contributed by atoms with van der Waals surface area (Å²) in [6.45, 7) is 5.72. The van der Waals surface area contributed by atoms with E-state index in [4.69, 9.17) is 5.73 Å². The van der Waals surface area contributed by atoms with Crippen LogP contribution in [-0.2, 0) is 4.79 Å². The van der Waals surface area contributed by atoms with Crippen molar-refractivity contribution in [3.63, 3.8) is 0 Å². The lowest BCUT2D eigenvalue weighted by molar-refractivity contribution is -0.120. The Morgan fingerprint density at radius 1 is 1.11 bits per heavy atom. The molecule has 0 spiro atoms. The molecule has 0 saturated carbocycles. The van der Waals surface area contributed by atoms with Gasteiger partial charge in [-0.15, -0.1) is 10.2 Å². The van der Waals surface area contributed by atoms with Gasteiger partial charge in [-0.3, -0.25) is 14.7 Å². The Labute approximate surface area is 168 Å². The zero-order valence-corrected chi connectivity index (χ0v) is 17.0. The summed E-state index contributed by atoms with van der Waals surface area (Å²) >= 11 is 1.30. The van der Waals surface area contributed by atoms with Crippen molar-refractivity contribution in [1.82, 2.24) is 20.1 Å². The van der Waals surface area contributed by atoms with E-state index in [0.717, 1.165) is 37.6 Å². The number of nitrogens with zero attached hydrogens (tertiary/aromatic N) is 4. The number of anilines is 1. The normalized spacial score (nSPS) is 15.5. The number of imide groups is 1. The van der Waals surface area contributed by atoms with Crippen LogP contribution in [0.15, 0.2) is 35.5 Å². The largest absolute Gasteiger partial charge is 0.351 e. The van der Waals surface area contributed by atoms with E-state index in [9.17, 15) is 9.59 Å². The molecule has 2 heterocycles. The number of benzene rings is 1. The van der Waals surface area contributed by atoms with E-state index in [0.29, 0.717) is 5.16 Å². The van der Waals surface area contributed by atoms with Crippen molar-refractivity contribution >= 4 is 29.6 Å². The minimum atomic E-state index is -0.852. The van der Waals surface area contributed by atoms with Crippen molar-refractivity contribution in [2.45, 2.75) is 43.5 Å². The molecule has 1 aliphatic rings. The van der Waals surface area contributed by atoms with Crippen molar-refractivity contribution in [1.29, 1.82) is 0 Å². The first kappa shape index (κ1) is 20.2. The van der Waals surface area contributed by atoms with E-state index in [1.54, 1.807) is 0 Å². The fourth-order valence-corrected chi connectivity index (χ4v) is 4.28. The van der Waals surface area contributed by atoms with Gasteiger partial charge in [0.2, 0.25) is 11.9 Å². The lowest BCUT2D eigenvalue weighted by Gasteiger charge is -2.28. The molecular formula is C19H26N6O2S. The summed E-state index contributed by atoms with van der Waals surface area (Å²) in [5.74, 6) is 0.338. The lowest BCUT2D eigenvalue weighted by Crippen LogP contribution is -2.42. The van der Waals surface area contributed by atoms with Gasteiger partial charge < -0.3 is 10.6 Å². The zero-order chi connectivity index (χ0) is 20.1. The molecular weight excluding hydrogens is 376 g/mol. The smallest absolute Gasteiger partial charge is 0.318 e. The van der Waals surface area contributed by atoms with Crippen LogP contribution in [0, 0.1) is 5.92 Å². The van der Waals surface area contributed by atoms with Crippen LogP contribution in [0.1, 0.15) is 33.1 Å². The molecule has 1 aromatic heterocycles. The summed E-state index contributed by atoms with van der Waals surface area (Å²) in [6, 6.07) is 9.02. The number of primary amides is 1. The van der Waals surface area contributed by atoms with Gasteiger partial charge in [0, 0.05) is 13.1 Å². The Morgan fingerprint density at radius 3 is 2.39 bits per heavy atom. The number of carbonyl (C=O) groups is 2. The molecule has 28 heavy (non-hydrogen) atoms. The molecule has 3 rings (SSSR count). The predicted molar refractivity (Wildman–Crippen MR) is 110 cm³/mol. The van der Waals surface area contributed by atoms with Gasteiger partial charge in [-0.25, -0.2) is 4.79 Å². The third kappa shape index (κ3) is 4.64. The minimum Gasteiger partial charge on any atom is -0.351 e. The standard InChI is InChI=1S/C19H26N6O2S/c1-13(2)15(16(26)21-17(20)27)28-19-23-22-18(24-11-7-4-8-12-24)25(19)14-9-5-3-6-10-14/h3,5-6,9-10,13,15H,4,7-8,11-12H2,1-2H3,(H3,20,21,26,27)/t15-/m0/s1. The van der Waals surface area contributed by atoms with Crippen LogP contribution in [0.4, 0.5) is 10.7 Å². The minimum absolute atomic E-state index is 0.0243. The second-order valence-corrected chi connectivity index (χ2v) is 8.25. The Balaban J connectivity index is 1.96. The predicted octanol–water partition coefficient (Wildman–Crippen LogP) is 2.57. The molecule has 1 aromatic carbocycles. The van der Waals surface area contributed by atoms with E-state index in [2.05, 4.69) is 20.4 Å². The summed E-state index contributed by atoms with van der Waals surface area (Å²) in [6.07, 6.45) is 3.47. The van der Waals surface area contributed by atoms with Crippen LogP contribution >= 0.6 is 11.8 Å². The Kier molecular flexibility index (Phi) is 6.56. The van der Waals surface area contributed by atoms with Crippen LogP contribution in [0.2, 0.25) is 0 Å². The number of thioether (sulfide) groups is 1. The molecule has 0 aliphatic carbocycles. The van der Waals surface area contributed by atoms with E-state index in [1.165, 1.54) is 18.2 Å². The van der Waals surface area contributed by atoms with E-state index < -0.39 is 17.2 Å². The molecule has 0 radical (unpaired) electrons. The van der Waals surface area contributed by atoms with Gasteiger partial charge in [-0.1, -0.05) is 43.8 Å². The van der Waals surface area contributed by atoms with E-state index >= 15 is 0 Å². The molecule has 150 valence electrons. The molecule has 1 saturated heterocycles. The monoisotopic (exact) mass is 402 g/mol. The third-order valence-electron chi connectivity index (χ3n) is 4.61. The summed E-state index contributed by atoms with van der Waals surface area (Å²) < 4.78 is 1.99. The van der Waals surface area contributed by atoms with Crippen LogP contribution in [0.25, 0.3) is 5.69 Å². The number of nitrogens with one attached hydrogen (secondary N) is 1. The maximum atomic E-state index is 12.5. The first-order valence-corrected chi connectivity index (χ1v) is 10.4. The molecule has 1 fully saturated rings. The molecule has 8 nitrogen and oxygen atoms in total. The Bertz CT molecular complexity index is 817. The van der Waals surface area contributed by atoms with Gasteiger partial charge in [0.05, 0.1) is 10.9 Å². The average molecular weight is 403 g/mol. The number of nitrogens with two attached hydrogens (primary N) is 1. The fourth-order valence-electron chi connectivity index (χ4n) is 3.24. The van der Waals surface area contributed by atoms with Crippen molar-refractivity contribution in [3.8, 4) is 5.69 Å². The van der Waals surface area contributed by atoms with E-state index in [1.807, 2.05) is 48.7 Å². The molecule has 1 aliphatic heterocycles. The second-order valence-electron chi connectivity index (χ2n) is 7.14. The molecule has 1 atom stereocenters.